The Kier molecular flexibility index (Phi) is 8.35. The highest BCUT2D eigenvalue weighted by molar-refractivity contribution is 9.13. The normalized spacial score (nSPS) is 13.3. The molecule has 6 heteroatoms. The van der Waals surface area contributed by atoms with E-state index in [1.165, 1.54) is 0 Å². The summed E-state index contributed by atoms with van der Waals surface area (Å²) in [7, 11) is -3.08. The number of halogens is 1. The lowest BCUT2D eigenvalue weighted by atomic mass is 10.9. The molecule has 3 nitrogen and oxygen atoms in total. The summed E-state index contributed by atoms with van der Waals surface area (Å²) in [6.07, 6.45) is 0. The lowest BCUT2D eigenvalue weighted by Gasteiger charge is -2.15. The molecule has 0 spiro atoms. The fraction of sp³-hybridized carbons (Fsp3) is 0.750. The molecule has 0 aliphatic carbocycles. The van der Waals surface area contributed by atoms with Crippen LogP contribution in [0, 0.1) is 0 Å². The van der Waals surface area contributed by atoms with Gasteiger partial charge in [-0.15, -0.1) is 11.8 Å². The summed E-state index contributed by atoms with van der Waals surface area (Å²) in [6, 6.07) is 0. The molecule has 0 amide bonds. The molecule has 0 fully saturated rings. The van der Waals surface area contributed by atoms with Crippen LogP contribution in [0.2, 0.25) is 0 Å². The van der Waals surface area contributed by atoms with Gasteiger partial charge in [0.15, 0.2) is 0 Å². The average Bonchev–Trinajstić information content (AvgIpc) is 2.15. The summed E-state index contributed by atoms with van der Waals surface area (Å²) >= 11 is 4.78. The molecule has 0 bridgehead atoms. The van der Waals surface area contributed by atoms with Crippen LogP contribution >= 0.6 is 35.3 Å². The number of rotatable bonds is 7. The minimum Gasteiger partial charge on any atom is -0.305 e. The van der Waals surface area contributed by atoms with Gasteiger partial charge in [-0.1, -0.05) is 6.92 Å². The minimum atomic E-state index is -3.08. The quantitative estimate of drug-likeness (QED) is 0.660. The van der Waals surface area contributed by atoms with Crippen molar-refractivity contribution in [2.75, 3.05) is 19.0 Å². The van der Waals surface area contributed by atoms with E-state index in [0.29, 0.717) is 17.4 Å². The molecular weight excluding hydrogens is 287 g/mol. The molecule has 0 unspecified atom stereocenters. The predicted octanol–water partition coefficient (Wildman–Crippen LogP) is 4.20. The van der Waals surface area contributed by atoms with E-state index in [4.69, 9.17) is 9.05 Å². The maximum atomic E-state index is 12.0. The van der Waals surface area contributed by atoms with E-state index in [1.807, 2.05) is 6.92 Å². The molecule has 0 saturated carbocycles. The molecule has 0 aliphatic heterocycles. The molecule has 0 aromatic rings. The molecule has 0 N–H and O–H groups in total. The summed E-state index contributed by atoms with van der Waals surface area (Å²) in [5.41, 5.74) is 0. The van der Waals surface area contributed by atoms with Crippen molar-refractivity contribution >= 4 is 35.3 Å². The first kappa shape index (κ1) is 14.7. The van der Waals surface area contributed by atoms with Crippen molar-refractivity contribution in [1.29, 1.82) is 0 Å². The van der Waals surface area contributed by atoms with Crippen molar-refractivity contribution in [2.45, 2.75) is 20.8 Å². The fourth-order valence-corrected chi connectivity index (χ4v) is 3.77. The van der Waals surface area contributed by atoms with Crippen LogP contribution in [-0.2, 0) is 13.6 Å². The summed E-state index contributed by atoms with van der Waals surface area (Å²) in [5, 5.41) is 1.77. The van der Waals surface area contributed by atoms with Crippen LogP contribution in [0.3, 0.4) is 0 Å². The van der Waals surface area contributed by atoms with Crippen LogP contribution < -0.4 is 0 Å². The highest BCUT2D eigenvalue weighted by Gasteiger charge is 2.27. The lowest BCUT2D eigenvalue weighted by molar-refractivity contribution is 0.228. The smallest absolute Gasteiger partial charge is 0.305 e. The van der Waals surface area contributed by atoms with E-state index in [-0.39, 0.29) is 0 Å². The van der Waals surface area contributed by atoms with Gasteiger partial charge in [0.05, 0.1) is 13.2 Å². The van der Waals surface area contributed by atoms with E-state index in [1.54, 1.807) is 31.0 Å². The van der Waals surface area contributed by atoms with Crippen LogP contribution in [0.15, 0.2) is 9.63 Å². The Morgan fingerprint density at radius 1 is 1.36 bits per heavy atom. The molecular formula is C8H16BrO3PS. The second-order valence-electron chi connectivity index (χ2n) is 2.23. The Morgan fingerprint density at radius 3 is 2.21 bits per heavy atom. The molecule has 0 saturated heterocycles. The number of hydrogen-bond acceptors (Lipinski definition) is 4. The third-order valence-corrected chi connectivity index (χ3v) is 5.80. The Balaban J connectivity index is 4.54. The standard InChI is InChI=1S/C8H16BrO3PS/c1-4-11-13(10,12-5-2)8(9)7-14-6-3/h7H,4-6H2,1-3H3/b8-7+. The lowest BCUT2D eigenvalue weighted by Crippen LogP contribution is -1.95. The zero-order chi connectivity index (χ0) is 11.0. The van der Waals surface area contributed by atoms with E-state index in [2.05, 4.69) is 15.9 Å². The van der Waals surface area contributed by atoms with Gasteiger partial charge in [0.1, 0.15) is 4.22 Å². The van der Waals surface area contributed by atoms with Gasteiger partial charge in [-0.25, -0.2) is 0 Å². The summed E-state index contributed by atoms with van der Waals surface area (Å²) in [4.78, 5) is 0. The van der Waals surface area contributed by atoms with Crippen molar-refractivity contribution in [3.8, 4) is 0 Å². The fourth-order valence-electron chi connectivity index (χ4n) is 0.717. The molecule has 14 heavy (non-hydrogen) atoms. The first-order valence-electron chi connectivity index (χ1n) is 4.47. The maximum absolute atomic E-state index is 12.0. The highest BCUT2D eigenvalue weighted by atomic mass is 79.9. The molecule has 0 aromatic carbocycles. The third kappa shape index (κ3) is 4.99. The topological polar surface area (TPSA) is 35.5 Å². The van der Waals surface area contributed by atoms with Crippen molar-refractivity contribution in [2.24, 2.45) is 0 Å². The summed E-state index contributed by atoms with van der Waals surface area (Å²) < 4.78 is 22.8. The first-order valence-corrected chi connectivity index (χ1v) is 7.86. The molecule has 0 radical (unpaired) electrons. The molecule has 0 aromatic heterocycles. The van der Waals surface area contributed by atoms with E-state index in [0.717, 1.165) is 5.75 Å². The third-order valence-electron chi connectivity index (χ3n) is 1.21. The van der Waals surface area contributed by atoms with Crippen LogP contribution in [0.25, 0.3) is 0 Å². The predicted molar refractivity (Wildman–Crippen MR) is 66.0 cm³/mol. The Labute approximate surface area is 98.3 Å². The second-order valence-corrected chi connectivity index (χ2v) is 6.84. The summed E-state index contributed by atoms with van der Waals surface area (Å²) in [5.74, 6) is 0.924. The van der Waals surface area contributed by atoms with E-state index >= 15 is 0 Å². The number of thioether (sulfide) groups is 1. The zero-order valence-electron chi connectivity index (χ0n) is 8.66. The van der Waals surface area contributed by atoms with Crippen LogP contribution in [0.1, 0.15) is 20.8 Å². The van der Waals surface area contributed by atoms with Gasteiger partial charge in [-0.2, -0.15) is 0 Å². The zero-order valence-corrected chi connectivity index (χ0v) is 12.0. The largest absolute Gasteiger partial charge is 0.368 e. The Morgan fingerprint density at radius 2 is 1.86 bits per heavy atom. The van der Waals surface area contributed by atoms with Crippen molar-refractivity contribution < 1.29 is 13.6 Å². The number of hydrogen-bond donors (Lipinski definition) is 0. The molecule has 0 rings (SSSR count). The van der Waals surface area contributed by atoms with Gasteiger partial charge in [0.2, 0.25) is 0 Å². The SMILES string of the molecule is CCOP(=O)(OCC)/C(Br)=C/SCC. The highest BCUT2D eigenvalue weighted by Crippen LogP contribution is 2.59. The van der Waals surface area contributed by atoms with E-state index < -0.39 is 7.60 Å². The van der Waals surface area contributed by atoms with Crippen LogP contribution in [0.4, 0.5) is 0 Å². The van der Waals surface area contributed by atoms with Crippen molar-refractivity contribution in [3.63, 3.8) is 0 Å². The second kappa shape index (κ2) is 7.94. The molecule has 84 valence electrons. The van der Waals surface area contributed by atoms with Gasteiger partial charge >= 0.3 is 7.60 Å². The Bertz CT molecular complexity index is 223. The van der Waals surface area contributed by atoms with Gasteiger partial charge in [0.25, 0.3) is 0 Å². The molecule has 0 heterocycles. The van der Waals surface area contributed by atoms with E-state index in [9.17, 15) is 4.57 Å². The van der Waals surface area contributed by atoms with Crippen LogP contribution in [-0.4, -0.2) is 19.0 Å². The average molecular weight is 303 g/mol. The maximum Gasteiger partial charge on any atom is 0.368 e. The van der Waals surface area contributed by atoms with Crippen molar-refractivity contribution in [1.82, 2.24) is 0 Å². The molecule has 0 atom stereocenters. The first-order chi connectivity index (χ1) is 6.60. The Hall–Kier alpha value is 0.720. The van der Waals surface area contributed by atoms with Crippen molar-refractivity contribution in [3.05, 3.63) is 9.63 Å². The monoisotopic (exact) mass is 302 g/mol. The minimum absolute atomic E-state index is 0.372. The molecule has 0 aliphatic rings. The summed E-state index contributed by atoms with van der Waals surface area (Å²) in [6.45, 7) is 6.35. The van der Waals surface area contributed by atoms with Crippen LogP contribution in [0.5, 0.6) is 0 Å². The van der Waals surface area contributed by atoms with Gasteiger partial charge in [-0.3, -0.25) is 4.57 Å². The van der Waals surface area contributed by atoms with Gasteiger partial charge in [-0.05, 0) is 40.9 Å². The van der Waals surface area contributed by atoms with Gasteiger partial charge in [0, 0.05) is 0 Å². The van der Waals surface area contributed by atoms with Gasteiger partial charge < -0.3 is 9.05 Å².